The van der Waals surface area contributed by atoms with Crippen molar-refractivity contribution in [2.75, 3.05) is 26.2 Å². The molecule has 1 fully saturated rings. The number of hydrogen-bond donors (Lipinski definition) is 2. The molecule has 0 saturated heterocycles. The van der Waals surface area contributed by atoms with E-state index < -0.39 is 0 Å². The Hall–Kier alpha value is -0.0300. The summed E-state index contributed by atoms with van der Waals surface area (Å²) in [5, 5.41) is 3.15. The van der Waals surface area contributed by atoms with E-state index in [9.17, 15) is 4.79 Å². The zero-order valence-corrected chi connectivity index (χ0v) is 14.6. The second-order valence-electron chi connectivity index (χ2n) is 5.43. The number of carbonyl (C=O) groups excluding carboxylic acids is 1. The second-order valence-corrected chi connectivity index (χ2v) is 5.43. The van der Waals surface area contributed by atoms with Gasteiger partial charge in [-0.3, -0.25) is 4.79 Å². The van der Waals surface area contributed by atoms with Crippen LogP contribution in [0.15, 0.2) is 0 Å². The minimum absolute atomic E-state index is 0. The van der Waals surface area contributed by atoms with E-state index in [1.807, 2.05) is 0 Å². The zero-order valence-electron chi connectivity index (χ0n) is 12.9. The van der Waals surface area contributed by atoms with Gasteiger partial charge in [-0.1, -0.05) is 20.3 Å². The summed E-state index contributed by atoms with van der Waals surface area (Å²) in [6.07, 6.45) is 3.26. The highest BCUT2D eigenvalue weighted by molar-refractivity contribution is 5.85. The molecule has 0 radical (unpaired) electrons. The van der Waals surface area contributed by atoms with E-state index in [4.69, 9.17) is 5.73 Å². The zero-order chi connectivity index (χ0) is 13.5. The molecule has 1 aliphatic rings. The highest BCUT2D eigenvalue weighted by atomic mass is 35.5. The smallest absolute Gasteiger partial charge is 0.223 e. The minimum Gasteiger partial charge on any atom is -0.352 e. The molecule has 3 atom stereocenters. The van der Waals surface area contributed by atoms with E-state index in [-0.39, 0.29) is 42.7 Å². The minimum atomic E-state index is 0. The van der Waals surface area contributed by atoms with Crippen molar-refractivity contribution < 1.29 is 4.79 Å². The number of carbonyl (C=O) groups is 1. The Bertz CT molecular complexity index is 263. The summed E-state index contributed by atoms with van der Waals surface area (Å²) in [5.41, 5.74) is 5.73. The van der Waals surface area contributed by atoms with Crippen LogP contribution in [0.2, 0.25) is 0 Å². The van der Waals surface area contributed by atoms with Crippen molar-refractivity contribution in [1.29, 1.82) is 0 Å². The van der Waals surface area contributed by atoms with E-state index in [2.05, 4.69) is 31.0 Å². The highest BCUT2D eigenvalue weighted by Gasteiger charge is 2.32. The predicted octanol–water partition coefficient (Wildman–Crippen LogP) is 2.05. The molecule has 0 bridgehead atoms. The first-order chi connectivity index (χ1) is 8.62. The predicted molar refractivity (Wildman–Crippen MR) is 89.8 cm³/mol. The monoisotopic (exact) mass is 327 g/mol. The third kappa shape index (κ3) is 6.61. The molecular weight excluding hydrogens is 297 g/mol. The van der Waals surface area contributed by atoms with Crippen molar-refractivity contribution in [2.45, 2.75) is 46.1 Å². The molecule has 0 aromatic rings. The van der Waals surface area contributed by atoms with Gasteiger partial charge in [-0.15, -0.1) is 24.8 Å². The van der Waals surface area contributed by atoms with Gasteiger partial charge in [-0.2, -0.15) is 0 Å². The van der Waals surface area contributed by atoms with Gasteiger partial charge < -0.3 is 16.0 Å². The largest absolute Gasteiger partial charge is 0.352 e. The lowest BCUT2D eigenvalue weighted by Gasteiger charge is -2.25. The van der Waals surface area contributed by atoms with Crippen LogP contribution in [0.25, 0.3) is 0 Å². The Labute approximate surface area is 136 Å². The molecule has 3 N–H and O–H groups in total. The maximum atomic E-state index is 12.2. The average Bonchev–Trinajstić information content (AvgIpc) is 2.84. The van der Waals surface area contributed by atoms with Gasteiger partial charge in [0.1, 0.15) is 0 Å². The van der Waals surface area contributed by atoms with Crippen molar-refractivity contribution in [3.8, 4) is 0 Å². The topological polar surface area (TPSA) is 58.4 Å². The number of hydrogen-bond acceptors (Lipinski definition) is 3. The van der Waals surface area contributed by atoms with Crippen LogP contribution in [0.4, 0.5) is 0 Å². The van der Waals surface area contributed by atoms with E-state index >= 15 is 0 Å². The number of likely N-dealkylation sites (N-methyl/N-ethyl adjacent to an activating group) is 1. The molecule has 1 rings (SSSR count). The lowest BCUT2D eigenvalue weighted by molar-refractivity contribution is -0.126. The summed E-state index contributed by atoms with van der Waals surface area (Å²) < 4.78 is 0. The van der Waals surface area contributed by atoms with E-state index in [1.54, 1.807) is 0 Å². The van der Waals surface area contributed by atoms with E-state index in [0.717, 1.165) is 38.9 Å². The third-order valence-electron chi connectivity index (χ3n) is 4.11. The number of halogens is 2. The van der Waals surface area contributed by atoms with Crippen molar-refractivity contribution in [1.82, 2.24) is 10.2 Å². The van der Waals surface area contributed by atoms with Crippen molar-refractivity contribution >= 4 is 30.7 Å². The Morgan fingerprint density at radius 1 is 1.30 bits per heavy atom. The van der Waals surface area contributed by atoms with Crippen molar-refractivity contribution in [3.05, 3.63) is 0 Å². The van der Waals surface area contributed by atoms with E-state index in [0.29, 0.717) is 12.5 Å². The normalized spacial score (nSPS) is 22.9. The Kier molecular flexibility index (Phi) is 12.9. The second kappa shape index (κ2) is 11.6. The van der Waals surface area contributed by atoms with Gasteiger partial charge in [0.2, 0.25) is 5.91 Å². The maximum Gasteiger partial charge on any atom is 0.223 e. The molecule has 20 heavy (non-hydrogen) atoms. The first-order valence-corrected chi connectivity index (χ1v) is 7.35. The fourth-order valence-corrected chi connectivity index (χ4v) is 2.93. The van der Waals surface area contributed by atoms with Crippen LogP contribution in [0.5, 0.6) is 0 Å². The summed E-state index contributed by atoms with van der Waals surface area (Å²) in [5.74, 6) is 0.752. The van der Waals surface area contributed by atoms with Gasteiger partial charge >= 0.3 is 0 Å². The van der Waals surface area contributed by atoms with Gasteiger partial charge in [0.25, 0.3) is 0 Å². The molecule has 6 heteroatoms. The molecule has 0 aliphatic heterocycles. The highest BCUT2D eigenvalue weighted by Crippen LogP contribution is 2.30. The first kappa shape index (κ1) is 22.3. The molecule has 0 aromatic heterocycles. The van der Waals surface area contributed by atoms with Crippen molar-refractivity contribution in [2.24, 2.45) is 17.6 Å². The number of nitrogens with one attached hydrogen (secondary N) is 1. The number of nitrogens with two attached hydrogens (primary N) is 1. The van der Waals surface area contributed by atoms with Crippen LogP contribution < -0.4 is 11.1 Å². The third-order valence-corrected chi connectivity index (χ3v) is 4.11. The summed E-state index contributed by atoms with van der Waals surface area (Å²) in [6.45, 7) is 10.0. The molecular formula is C14H31Cl2N3O. The number of amides is 1. The molecule has 1 unspecified atom stereocenters. The van der Waals surface area contributed by atoms with Crippen LogP contribution in [0.1, 0.15) is 40.0 Å². The summed E-state index contributed by atoms with van der Waals surface area (Å²) in [4.78, 5) is 14.5. The Morgan fingerprint density at radius 3 is 2.40 bits per heavy atom. The number of nitrogens with zero attached hydrogens (tertiary/aromatic N) is 1. The van der Waals surface area contributed by atoms with Crippen LogP contribution in [-0.4, -0.2) is 43.0 Å². The standard InChI is InChI=1S/C14H29N3O.2ClH/c1-4-17(5-2)10-11(3)16-14(18)13-8-6-7-12(13)9-15;;/h11-13H,4-10,15H2,1-3H3,(H,16,18);2*1H/t11?,12-,13-;;/m1../s1. The van der Waals surface area contributed by atoms with Crippen LogP contribution in [0, 0.1) is 11.8 Å². The first-order valence-electron chi connectivity index (χ1n) is 7.35. The van der Waals surface area contributed by atoms with Gasteiger partial charge in [-0.25, -0.2) is 0 Å². The van der Waals surface area contributed by atoms with Gasteiger partial charge in [-0.05, 0) is 45.3 Å². The average molecular weight is 328 g/mol. The van der Waals surface area contributed by atoms with Crippen LogP contribution in [-0.2, 0) is 4.79 Å². The molecule has 1 saturated carbocycles. The molecule has 0 heterocycles. The lowest BCUT2D eigenvalue weighted by Crippen LogP contribution is -2.45. The molecule has 0 spiro atoms. The maximum absolute atomic E-state index is 12.2. The lowest BCUT2D eigenvalue weighted by atomic mass is 9.95. The fourth-order valence-electron chi connectivity index (χ4n) is 2.93. The van der Waals surface area contributed by atoms with Gasteiger partial charge in [0, 0.05) is 18.5 Å². The van der Waals surface area contributed by atoms with Crippen LogP contribution in [0.3, 0.4) is 0 Å². The van der Waals surface area contributed by atoms with Gasteiger partial charge in [0.15, 0.2) is 0 Å². The van der Waals surface area contributed by atoms with E-state index in [1.165, 1.54) is 0 Å². The SMILES string of the molecule is CCN(CC)CC(C)NC(=O)[C@@H]1CCC[C@@H]1CN.Cl.Cl. The summed E-state index contributed by atoms with van der Waals surface area (Å²) >= 11 is 0. The van der Waals surface area contributed by atoms with Crippen LogP contribution >= 0.6 is 24.8 Å². The summed E-state index contributed by atoms with van der Waals surface area (Å²) in [6, 6.07) is 0.219. The Morgan fingerprint density at radius 2 is 1.90 bits per heavy atom. The Balaban J connectivity index is 0. The van der Waals surface area contributed by atoms with Crippen molar-refractivity contribution in [3.63, 3.8) is 0 Å². The summed E-state index contributed by atoms with van der Waals surface area (Å²) in [7, 11) is 0. The molecule has 0 aromatic carbocycles. The quantitative estimate of drug-likeness (QED) is 0.752. The molecule has 1 aliphatic carbocycles. The number of rotatable bonds is 7. The van der Waals surface area contributed by atoms with Gasteiger partial charge in [0.05, 0.1) is 0 Å². The molecule has 4 nitrogen and oxygen atoms in total. The molecule has 1 amide bonds. The molecule has 122 valence electrons. The fraction of sp³-hybridized carbons (Fsp3) is 0.929.